The Kier molecular flexibility index (Phi) is 8.18. The second-order valence-electron chi connectivity index (χ2n) is 6.83. The van der Waals surface area contributed by atoms with Gasteiger partial charge in [-0.25, -0.2) is 0 Å². The molecule has 0 spiro atoms. The van der Waals surface area contributed by atoms with Crippen LogP contribution < -0.4 is 0 Å². The van der Waals surface area contributed by atoms with E-state index < -0.39 is 6.10 Å². The maximum absolute atomic E-state index is 10.5. The summed E-state index contributed by atoms with van der Waals surface area (Å²) < 4.78 is 7.27. The topological polar surface area (TPSA) is 76.3 Å². The fourth-order valence-corrected chi connectivity index (χ4v) is 3.92. The van der Waals surface area contributed by atoms with Crippen molar-refractivity contribution >= 4 is 11.8 Å². The molecule has 154 valence electrons. The summed E-state index contributed by atoms with van der Waals surface area (Å²) in [6.07, 6.45) is 3.01. The summed E-state index contributed by atoms with van der Waals surface area (Å²) in [5, 5.41) is 20.0. The van der Waals surface area contributed by atoms with Crippen molar-refractivity contribution in [3.8, 4) is 11.4 Å². The summed E-state index contributed by atoms with van der Waals surface area (Å²) in [7, 11) is 3.69. The van der Waals surface area contributed by atoms with Gasteiger partial charge in [0.05, 0.1) is 19.3 Å². The Labute approximate surface area is 175 Å². The number of hydrogen-bond acceptors (Lipinski definition) is 7. The fourth-order valence-electron chi connectivity index (χ4n) is 3.04. The van der Waals surface area contributed by atoms with Gasteiger partial charge in [-0.15, -0.1) is 10.2 Å². The number of ether oxygens (including phenoxy) is 1. The molecule has 7 nitrogen and oxygen atoms in total. The Morgan fingerprint density at radius 1 is 1.14 bits per heavy atom. The number of benzene rings is 1. The Hall–Kier alpha value is -2.26. The van der Waals surface area contributed by atoms with Gasteiger partial charge in [0.15, 0.2) is 11.0 Å². The van der Waals surface area contributed by atoms with Gasteiger partial charge in [-0.2, -0.15) is 0 Å². The average molecular weight is 414 g/mol. The number of hydrogen-bond donors (Lipinski definition) is 1. The summed E-state index contributed by atoms with van der Waals surface area (Å²) in [6, 6.07) is 14.1. The van der Waals surface area contributed by atoms with Gasteiger partial charge >= 0.3 is 0 Å². The largest absolute Gasteiger partial charge is 0.391 e. The van der Waals surface area contributed by atoms with Crippen LogP contribution in [0.4, 0.5) is 0 Å². The Bertz CT molecular complexity index is 860. The minimum atomic E-state index is -0.467. The second kappa shape index (κ2) is 11.1. The van der Waals surface area contributed by atoms with Crippen molar-refractivity contribution in [2.24, 2.45) is 0 Å². The molecule has 1 atom stereocenters. The number of methoxy groups -OCH3 is 1. The molecule has 0 amide bonds. The van der Waals surface area contributed by atoms with E-state index in [1.807, 2.05) is 41.9 Å². The predicted molar refractivity (Wildman–Crippen MR) is 115 cm³/mol. The number of likely N-dealkylation sites (N-methyl/N-ethyl adjacent to an activating group) is 1. The van der Waals surface area contributed by atoms with E-state index in [0.717, 1.165) is 23.1 Å². The summed E-state index contributed by atoms with van der Waals surface area (Å²) in [4.78, 5) is 6.19. The smallest absolute Gasteiger partial charge is 0.191 e. The summed E-state index contributed by atoms with van der Waals surface area (Å²) in [6.45, 7) is 2.60. The van der Waals surface area contributed by atoms with Gasteiger partial charge in [0.2, 0.25) is 0 Å². The molecule has 0 aliphatic carbocycles. The van der Waals surface area contributed by atoms with Crippen LogP contribution in [0.2, 0.25) is 0 Å². The highest BCUT2D eigenvalue weighted by atomic mass is 32.2. The zero-order valence-electron chi connectivity index (χ0n) is 16.8. The molecule has 1 unspecified atom stereocenters. The van der Waals surface area contributed by atoms with Crippen LogP contribution >= 0.6 is 11.8 Å². The molecule has 3 rings (SSSR count). The molecule has 0 saturated carbocycles. The highest BCUT2D eigenvalue weighted by Gasteiger charge is 2.16. The lowest BCUT2D eigenvalue weighted by Gasteiger charge is -2.20. The number of aliphatic hydroxyl groups is 1. The normalized spacial score (nSPS) is 12.4. The van der Waals surface area contributed by atoms with Crippen molar-refractivity contribution in [3.05, 3.63) is 60.4 Å². The molecule has 2 heterocycles. The van der Waals surface area contributed by atoms with Crippen LogP contribution in [-0.4, -0.2) is 68.9 Å². The zero-order valence-corrected chi connectivity index (χ0v) is 17.6. The van der Waals surface area contributed by atoms with Crippen LogP contribution in [0.5, 0.6) is 0 Å². The van der Waals surface area contributed by atoms with Gasteiger partial charge in [-0.05, 0) is 24.7 Å². The number of aliphatic hydroxyl groups excluding tert-OH is 1. The maximum Gasteiger partial charge on any atom is 0.191 e. The van der Waals surface area contributed by atoms with Crippen LogP contribution in [-0.2, 0) is 17.8 Å². The first kappa shape index (κ1) is 21.4. The van der Waals surface area contributed by atoms with Crippen LogP contribution in [0.3, 0.4) is 0 Å². The minimum Gasteiger partial charge on any atom is -0.391 e. The molecular formula is C21H27N5O2S. The van der Waals surface area contributed by atoms with Gasteiger partial charge in [-0.1, -0.05) is 42.1 Å². The van der Waals surface area contributed by atoms with Crippen molar-refractivity contribution in [2.45, 2.75) is 24.3 Å². The van der Waals surface area contributed by atoms with Gasteiger partial charge in [-0.3, -0.25) is 14.5 Å². The molecular weight excluding hydrogens is 386 g/mol. The lowest BCUT2D eigenvalue weighted by Crippen LogP contribution is -2.30. The van der Waals surface area contributed by atoms with E-state index in [-0.39, 0.29) is 0 Å². The predicted octanol–water partition coefficient (Wildman–Crippen LogP) is 2.57. The van der Waals surface area contributed by atoms with E-state index in [1.54, 1.807) is 19.5 Å². The molecule has 1 N–H and O–H groups in total. The number of nitrogens with zero attached hydrogens (tertiary/aromatic N) is 5. The molecule has 0 radical (unpaired) electrons. The van der Waals surface area contributed by atoms with Crippen LogP contribution in [0.25, 0.3) is 11.4 Å². The first-order valence-corrected chi connectivity index (χ1v) is 10.5. The van der Waals surface area contributed by atoms with Crippen molar-refractivity contribution in [3.63, 3.8) is 0 Å². The molecule has 0 aliphatic heterocycles. The van der Waals surface area contributed by atoms with Crippen LogP contribution in [0.1, 0.15) is 5.56 Å². The van der Waals surface area contributed by atoms with Crippen molar-refractivity contribution in [2.75, 3.05) is 33.1 Å². The molecule has 0 fully saturated rings. The maximum atomic E-state index is 10.5. The van der Waals surface area contributed by atoms with Crippen molar-refractivity contribution in [1.82, 2.24) is 24.6 Å². The average Bonchev–Trinajstić information content (AvgIpc) is 3.14. The molecule has 0 aliphatic rings. The Morgan fingerprint density at radius 2 is 1.90 bits per heavy atom. The number of aromatic nitrogens is 4. The van der Waals surface area contributed by atoms with Crippen molar-refractivity contribution < 1.29 is 9.84 Å². The first-order valence-electron chi connectivity index (χ1n) is 9.53. The lowest BCUT2D eigenvalue weighted by molar-refractivity contribution is 0.142. The number of thioether (sulfide) groups is 1. The van der Waals surface area contributed by atoms with Gasteiger partial charge < -0.3 is 9.84 Å². The van der Waals surface area contributed by atoms with Crippen LogP contribution in [0, 0.1) is 0 Å². The minimum absolute atomic E-state index is 0.467. The van der Waals surface area contributed by atoms with Crippen molar-refractivity contribution in [1.29, 1.82) is 0 Å². The summed E-state index contributed by atoms with van der Waals surface area (Å²) in [5.41, 5.74) is 2.19. The van der Waals surface area contributed by atoms with E-state index in [4.69, 9.17) is 4.74 Å². The number of pyridine rings is 1. The Balaban J connectivity index is 1.59. The lowest BCUT2D eigenvalue weighted by atomic mass is 10.2. The van der Waals surface area contributed by atoms with Crippen LogP contribution in [0.15, 0.2) is 60.0 Å². The second-order valence-corrected chi connectivity index (χ2v) is 7.82. The van der Waals surface area contributed by atoms with Gasteiger partial charge in [0.1, 0.15) is 0 Å². The highest BCUT2D eigenvalue weighted by Crippen LogP contribution is 2.24. The van der Waals surface area contributed by atoms with E-state index in [2.05, 4.69) is 32.2 Å². The molecule has 2 aromatic heterocycles. The molecule has 0 bridgehead atoms. The van der Waals surface area contributed by atoms with E-state index in [1.165, 1.54) is 17.3 Å². The number of rotatable bonds is 11. The quantitative estimate of drug-likeness (QED) is 0.484. The zero-order chi connectivity index (χ0) is 20.5. The van der Waals surface area contributed by atoms with Gasteiger partial charge in [0.25, 0.3) is 0 Å². The fraction of sp³-hybridized carbons (Fsp3) is 0.381. The summed E-state index contributed by atoms with van der Waals surface area (Å²) >= 11 is 1.51. The van der Waals surface area contributed by atoms with E-state index in [9.17, 15) is 5.11 Å². The van der Waals surface area contributed by atoms with E-state index >= 15 is 0 Å². The third-order valence-electron chi connectivity index (χ3n) is 4.40. The Morgan fingerprint density at radius 3 is 2.62 bits per heavy atom. The highest BCUT2D eigenvalue weighted by molar-refractivity contribution is 7.99. The van der Waals surface area contributed by atoms with Gasteiger partial charge in [0, 0.05) is 43.9 Å². The first-order chi connectivity index (χ1) is 14.2. The molecule has 8 heteroatoms. The van der Waals surface area contributed by atoms with E-state index in [0.29, 0.717) is 25.4 Å². The third kappa shape index (κ3) is 6.37. The molecule has 0 saturated heterocycles. The third-order valence-corrected chi connectivity index (χ3v) is 5.51. The summed E-state index contributed by atoms with van der Waals surface area (Å²) in [5.74, 6) is 1.32. The molecule has 1 aromatic carbocycles. The molecule has 3 aromatic rings. The molecule has 29 heavy (non-hydrogen) atoms. The standard InChI is InChI=1S/C21H27N5O2S/c1-25(14-17-6-4-3-5-7-17)15-19(27)16-29-21-24-23-20(26(21)12-13-28-2)18-8-10-22-11-9-18/h3-11,19,27H,12-16H2,1-2H3. The monoisotopic (exact) mass is 413 g/mol. The SMILES string of the molecule is COCCn1c(SCC(O)CN(C)Cc2ccccc2)nnc1-c1ccncc1.